The number of hydrogen-bond acceptors (Lipinski definition) is 3. The summed E-state index contributed by atoms with van der Waals surface area (Å²) in [7, 11) is 0. The van der Waals surface area contributed by atoms with Gasteiger partial charge in [-0.25, -0.2) is 4.98 Å². The topological polar surface area (TPSA) is 46.4 Å². The van der Waals surface area contributed by atoms with Gasteiger partial charge in [0.15, 0.2) is 4.96 Å². The average Bonchev–Trinajstić information content (AvgIpc) is 3.20. The number of carbonyl (C=O) groups is 1. The molecule has 0 saturated carbocycles. The monoisotopic (exact) mass is 431 g/mol. The fraction of sp³-hybridized carbons (Fsp3) is 0.143. The van der Waals surface area contributed by atoms with E-state index in [1.54, 1.807) is 0 Å². The second-order valence-electron chi connectivity index (χ2n) is 6.56. The van der Waals surface area contributed by atoms with Gasteiger partial charge in [-0.05, 0) is 37.6 Å². The van der Waals surface area contributed by atoms with Crippen molar-refractivity contribution >= 4 is 51.9 Å². The van der Waals surface area contributed by atoms with E-state index in [0.29, 0.717) is 11.4 Å². The van der Waals surface area contributed by atoms with Gasteiger partial charge in [0.25, 0.3) is 0 Å². The third-order valence-electron chi connectivity index (χ3n) is 4.42. The lowest BCUT2D eigenvalue weighted by molar-refractivity contribution is -0.115. The van der Waals surface area contributed by atoms with Crippen molar-refractivity contribution < 1.29 is 4.79 Å². The standard InChI is InChI=1S/C21H18ClN3OS.ClH/c1-13-3-8-18(14(2)9-13)23-20(26)10-17-12-27-21-24-19(11-25(17)21)15-4-6-16(22)7-5-15;/h3-9,11-12H,10H2,1-2H3,(H,23,26);1H. The largest absolute Gasteiger partial charge is 0.326 e. The zero-order chi connectivity index (χ0) is 19.0. The molecule has 0 unspecified atom stereocenters. The molecular weight excluding hydrogens is 413 g/mol. The van der Waals surface area contributed by atoms with Crippen molar-refractivity contribution in [2.45, 2.75) is 20.3 Å². The molecule has 0 saturated heterocycles. The average molecular weight is 432 g/mol. The first-order valence-corrected chi connectivity index (χ1v) is 9.84. The second kappa shape index (κ2) is 8.35. The molecule has 1 N–H and O–H groups in total. The van der Waals surface area contributed by atoms with Crippen LogP contribution in [0.4, 0.5) is 5.69 Å². The molecule has 0 aliphatic rings. The molecular formula is C21H19Cl2N3OS. The Hall–Kier alpha value is -2.34. The fourth-order valence-electron chi connectivity index (χ4n) is 3.03. The van der Waals surface area contributed by atoms with Gasteiger partial charge in [0.1, 0.15) is 0 Å². The Balaban J connectivity index is 0.00000225. The number of aromatic nitrogens is 2. The molecule has 0 bridgehead atoms. The number of carbonyl (C=O) groups excluding carboxylic acids is 1. The van der Waals surface area contributed by atoms with E-state index in [1.807, 2.05) is 66.2 Å². The first-order chi connectivity index (χ1) is 13.0. The van der Waals surface area contributed by atoms with E-state index >= 15 is 0 Å². The number of hydrogen-bond donors (Lipinski definition) is 1. The Labute approximate surface area is 178 Å². The van der Waals surface area contributed by atoms with E-state index in [0.717, 1.165) is 33.2 Å². The summed E-state index contributed by atoms with van der Waals surface area (Å²) in [5.41, 5.74) is 5.88. The minimum absolute atomic E-state index is 0. The number of halogens is 2. The predicted molar refractivity (Wildman–Crippen MR) is 119 cm³/mol. The van der Waals surface area contributed by atoms with Gasteiger partial charge in [-0.1, -0.05) is 41.4 Å². The van der Waals surface area contributed by atoms with Gasteiger partial charge in [0.2, 0.25) is 5.91 Å². The maximum atomic E-state index is 12.5. The number of amides is 1. The van der Waals surface area contributed by atoms with Crippen molar-refractivity contribution in [2.75, 3.05) is 5.32 Å². The molecule has 2 heterocycles. The molecule has 0 radical (unpaired) electrons. The van der Waals surface area contributed by atoms with Crippen LogP contribution in [-0.4, -0.2) is 15.3 Å². The van der Waals surface area contributed by atoms with E-state index in [1.165, 1.54) is 16.9 Å². The van der Waals surface area contributed by atoms with Crippen LogP contribution in [0.5, 0.6) is 0 Å². The van der Waals surface area contributed by atoms with E-state index < -0.39 is 0 Å². The highest BCUT2D eigenvalue weighted by Crippen LogP contribution is 2.25. The van der Waals surface area contributed by atoms with Crippen molar-refractivity contribution in [1.82, 2.24) is 9.38 Å². The summed E-state index contributed by atoms with van der Waals surface area (Å²) in [6.45, 7) is 4.04. The number of anilines is 1. The van der Waals surface area contributed by atoms with Gasteiger partial charge >= 0.3 is 0 Å². The van der Waals surface area contributed by atoms with Crippen LogP contribution in [0.1, 0.15) is 16.8 Å². The fourth-order valence-corrected chi connectivity index (χ4v) is 4.03. The Morgan fingerprint density at radius 1 is 1.18 bits per heavy atom. The minimum Gasteiger partial charge on any atom is -0.326 e. The third-order valence-corrected chi connectivity index (χ3v) is 5.56. The van der Waals surface area contributed by atoms with E-state index in [2.05, 4.69) is 16.4 Å². The van der Waals surface area contributed by atoms with Crippen molar-refractivity contribution in [2.24, 2.45) is 0 Å². The van der Waals surface area contributed by atoms with Crippen molar-refractivity contribution in [3.8, 4) is 11.3 Å². The molecule has 4 aromatic rings. The molecule has 1 amide bonds. The lowest BCUT2D eigenvalue weighted by Gasteiger charge is -2.09. The first kappa shape index (κ1) is 20.4. The Morgan fingerprint density at radius 3 is 2.64 bits per heavy atom. The van der Waals surface area contributed by atoms with Crippen LogP contribution in [0, 0.1) is 13.8 Å². The summed E-state index contributed by atoms with van der Waals surface area (Å²) in [6.07, 6.45) is 2.26. The molecule has 4 rings (SSSR count). The maximum Gasteiger partial charge on any atom is 0.230 e. The molecule has 0 spiro atoms. The summed E-state index contributed by atoms with van der Waals surface area (Å²) in [6, 6.07) is 13.6. The lowest BCUT2D eigenvalue weighted by atomic mass is 10.1. The van der Waals surface area contributed by atoms with Crippen LogP contribution >= 0.6 is 35.3 Å². The summed E-state index contributed by atoms with van der Waals surface area (Å²) in [5.74, 6) is -0.0385. The minimum atomic E-state index is -0.0385. The summed E-state index contributed by atoms with van der Waals surface area (Å²) >= 11 is 7.49. The Morgan fingerprint density at radius 2 is 1.93 bits per heavy atom. The van der Waals surface area contributed by atoms with Crippen LogP contribution in [0.3, 0.4) is 0 Å². The normalized spacial score (nSPS) is 10.7. The highest BCUT2D eigenvalue weighted by Gasteiger charge is 2.13. The molecule has 0 aliphatic carbocycles. The molecule has 2 aromatic heterocycles. The number of benzene rings is 2. The van der Waals surface area contributed by atoms with Gasteiger partial charge in [-0.15, -0.1) is 23.7 Å². The number of fused-ring (bicyclic) bond motifs is 1. The van der Waals surface area contributed by atoms with Gasteiger partial charge in [-0.3, -0.25) is 9.20 Å². The molecule has 2 aromatic carbocycles. The van der Waals surface area contributed by atoms with E-state index in [9.17, 15) is 4.79 Å². The van der Waals surface area contributed by atoms with Crippen LogP contribution in [-0.2, 0) is 11.2 Å². The number of thiazole rings is 1. The van der Waals surface area contributed by atoms with Crippen LogP contribution < -0.4 is 5.32 Å². The predicted octanol–water partition coefficient (Wildman–Crippen LogP) is 5.94. The van der Waals surface area contributed by atoms with Gasteiger partial charge in [-0.2, -0.15) is 0 Å². The molecule has 7 heteroatoms. The van der Waals surface area contributed by atoms with Crippen molar-refractivity contribution in [3.63, 3.8) is 0 Å². The number of nitrogens with zero attached hydrogens (tertiary/aromatic N) is 2. The zero-order valence-corrected chi connectivity index (χ0v) is 17.8. The number of nitrogens with one attached hydrogen (secondary N) is 1. The Kier molecular flexibility index (Phi) is 6.08. The molecule has 144 valence electrons. The molecule has 28 heavy (non-hydrogen) atoms. The van der Waals surface area contributed by atoms with Crippen molar-refractivity contribution in [1.29, 1.82) is 0 Å². The van der Waals surface area contributed by atoms with Crippen molar-refractivity contribution in [3.05, 3.63) is 75.9 Å². The lowest BCUT2D eigenvalue weighted by Crippen LogP contribution is -2.16. The molecule has 0 fully saturated rings. The smallest absolute Gasteiger partial charge is 0.230 e. The number of imidazole rings is 1. The maximum absolute atomic E-state index is 12.5. The third kappa shape index (κ3) is 4.22. The SMILES string of the molecule is Cc1ccc(NC(=O)Cc2csc3nc(-c4ccc(Cl)cc4)cn23)c(C)c1.Cl. The van der Waals surface area contributed by atoms with Gasteiger partial charge < -0.3 is 5.32 Å². The Bertz CT molecular complexity index is 1130. The highest BCUT2D eigenvalue weighted by atomic mass is 35.5. The zero-order valence-electron chi connectivity index (χ0n) is 15.4. The summed E-state index contributed by atoms with van der Waals surface area (Å²) in [4.78, 5) is 18.0. The first-order valence-electron chi connectivity index (χ1n) is 8.58. The van der Waals surface area contributed by atoms with Crippen LogP contribution in [0.2, 0.25) is 5.02 Å². The number of rotatable bonds is 4. The van der Waals surface area contributed by atoms with Gasteiger partial charge in [0.05, 0.1) is 12.1 Å². The van der Waals surface area contributed by atoms with E-state index in [-0.39, 0.29) is 18.3 Å². The molecule has 4 nitrogen and oxygen atoms in total. The molecule has 0 atom stereocenters. The van der Waals surface area contributed by atoms with Gasteiger partial charge in [0, 0.05) is 33.5 Å². The summed E-state index contributed by atoms with van der Waals surface area (Å²) in [5, 5.41) is 5.68. The van der Waals surface area contributed by atoms with Crippen LogP contribution in [0.25, 0.3) is 16.2 Å². The van der Waals surface area contributed by atoms with E-state index in [4.69, 9.17) is 11.6 Å². The highest BCUT2D eigenvalue weighted by molar-refractivity contribution is 7.15. The number of aryl methyl sites for hydroxylation is 2. The second-order valence-corrected chi connectivity index (χ2v) is 7.83. The summed E-state index contributed by atoms with van der Waals surface area (Å²) < 4.78 is 1.98. The van der Waals surface area contributed by atoms with Crippen LogP contribution in [0.15, 0.2) is 54.0 Å². The molecule has 0 aliphatic heterocycles. The quantitative estimate of drug-likeness (QED) is 0.434.